The van der Waals surface area contributed by atoms with Crippen LogP contribution in [0.15, 0.2) is 23.1 Å². The van der Waals surface area contributed by atoms with Crippen molar-refractivity contribution in [2.45, 2.75) is 50.1 Å². The van der Waals surface area contributed by atoms with E-state index in [1.165, 1.54) is 12.1 Å². The van der Waals surface area contributed by atoms with Crippen LogP contribution in [0.2, 0.25) is 0 Å². The van der Waals surface area contributed by atoms with Crippen molar-refractivity contribution in [1.82, 2.24) is 5.32 Å². The lowest BCUT2D eigenvalue weighted by Crippen LogP contribution is -2.42. The second-order valence-corrected chi connectivity index (χ2v) is 8.59. The molecule has 1 saturated carbocycles. The first-order chi connectivity index (χ1) is 10.2. The molecule has 1 aliphatic rings. The molecule has 1 fully saturated rings. The molecule has 3 atom stereocenters. The fraction of sp³-hybridized carbons (Fsp3) is 0.625. The predicted octanol–water partition coefficient (Wildman–Crippen LogP) is 2.43. The molecule has 1 aliphatic carbocycles. The van der Waals surface area contributed by atoms with Gasteiger partial charge in [-0.3, -0.25) is 0 Å². The van der Waals surface area contributed by atoms with Crippen LogP contribution in [-0.4, -0.2) is 32.4 Å². The predicted molar refractivity (Wildman–Crippen MR) is 83.9 cm³/mol. The second kappa shape index (κ2) is 6.26. The quantitative estimate of drug-likeness (QED) is 0.871. The van der Waals surface area contributed by atoms with Crippen molar-refractivity contribution in [2.24, 2.45) is 5.41 Å². The normalized spacial score (nSPS) is 27.0. The molecule has 4 nitrogen and oxygen atoms in total. The van der Waals surface area contributed by atoms with Gasteiger partial charge in [-0.2, -0.15) is 0 Å². The van der Waals surface area contributed by atoms with E-state index in [0.717, 1.165) is 25.5 Å². The largest absolute Gasteiger partial charge is 0.396 e. The molecule has 0 bridgehead atoms. The Kier molecular flexibility index (Phi) is 4.94. The highest BCUT2D eigenvalue weighted by Gasteiger charge is 2.38. The number of sulfone groups is 1. The summed E-state index contributed by atoms with van der Waals surface area (Å²) < 4.78 is 36.9. The molecule has 124 valence electrons. The van der Waals surface area contributed by atoms with Gasteiger partial charge in [-0.1, -0.05) is 19.4 Å². The Morgan fingerprint density at radius 2 is 2.18 bits per heavy atom. The van der Waals surface area contributed by atoms with Gasteiger partial charge in [0.2, 0.25) is 0 Å². The lowest BCUT2D eigenvalue weighted by atomic mass is 9.85. The molecule has 0 aliphatic heterocycles. The van der Waals surface area contributed by atoms with E-state index in [-0.39, 0.29) is 29.0 Å². The van der Waals surface area contributed by atoms with Crippen molar-refractivity contribution in [3.8, 4) is 0 Å². The number of benzene rings is 1. The molecule has 0 saturated heterocycles. The van der Waals surface area contributed by atoms with Crippen molar-refractivity contribution in [1.29, 1.82) is 0 Å². The van der Waals surface area contributed by atoms with Crippen molar-refractivity contribution >= 4 is 9.84 Å². The molecule has 3 unspecified atom stereocenters. The summed E-state index contributed by atoms with van der Waals surface area (Å²) in [6, 6.07) is 4.29. The summed E-state index contributed by atoms with van der Waals surface area (Å²) in [6.07, 6.45) is 4.00. The van der Waals surface area contributed by atoms with E-state index in [1.807, 2.05) is 6.92 Å². The molecule has 2 N–H and O–H groups in total. The number of rotatable bonds is 5. The van der Waals surface area contributed by atoms with E-state index in [9.17, 15) is 17.9 Å². The maximum absolute atomic E-state index is 14.0. The van der Waals surface area contributed by atoms with Crippen molar-refractivity contribution in [3.05, 3.63) is 29.6 Å². The van der Waals surface area contributed by atoms with E-state index < -0.39 is 15.7 Å². The standard InChI is InChI=1S/C16H24FNO3S/c1-11(18-15-5-4-8-16(15,2)10-19)12-6-7-14(13(17)9-12)22(3,20)21/h6-7,9,11,15,18-19H,4-5,8,10H2,1-3H3. The monoisotopic (exact) mass is 329 g/mol. The van der Waals surface area contributed by atoms with Gasteiger partial charge in [-0.15, -0.1) is 0 Å². The van der Waals surface area contributed by atoms with Crippen LogP contribution in [-0.2, 0) is 9.84 Å². The Balaban J connectivity index is 2.17. The van der Waals surface area contributed by atoms with Crippen molar-refractivity contribution in [2.75, 3.05) is 12.9 Å². The van der Waals surface area contributed by atoms with E-state index in [1.54, 1.807) is 6.07 Å². The number of hydrogen-bond acceptors (Lipinski definition) is 4. The van der Waals surface area contributed by atoms with Crippen LogP contribution < -0.4 is 5.32 Å². The summed E-state index contributed by atoms with van der Waals surface area (Å²) in [5.41, 5.74) is 0.552. The Hall–Kier alpha value is -0.980. The topological polar surface area (TPSA) is 66.4 Å². The zero-order valence-corrected chi connectivity index (χ0v) is 14.1. The molecule has 0 radical (unpaired) electrons. The third-order valence-electron chi connectivity index (χ3n) is 4.75. The van der Waals surface area contributed by atoms with Crippen LogP contribution in [0.1, 0.15) is 44.7 Å². The molecule has 6 heteroatoms. The van der Waals surface area contributed by atoms with Crippen LogP contribution in [0.5, 0.6) is 0 Å². The third-order valence-corrected chi connectivity index (χ3v) is 5.88. The highest BCUT2D eigenvalue weighted by molar-refractivity contribution is 7.90. The van der Waals surface area contributed by atoms with Crippen LogP contribution in [0, 0.1) is 11.2 Å². The Bertz CT molecular complexity index is 647. The molecule has 0 spiro atoms. The minimum atomic E-state index is -3.55. The summed E-state index contributed by atoms with van der Waals surface area (Å²) in [5.74, 6) is -0.718. The Labute approximate surface area is 131 Å². The third kappa shape index (κ3) is 3.50. The molecule has 1 aromatic carbocycles. The first-order valence-electron chi connectivity index (χ1n) is 7.54. The van der Waals surface area contributed by atoms with Crippen LogP contribution in [0.3, 0.4) is 0 Å². The zero-order chi connectivity index (χ0) is 16.5. The maximum Gasteiger partial charge on any atom is 0.178 e. The van der Waals surface area contributed by atoms with Gasteiger partial charge >= 0.3 is 0 Å². The molecular formula is C16H24FNO3S. The Morgan fingerprint density at radius 1 is 1.50 bits per heavy atom. The van der Waals surface area contributed by atoms with Gasteiger partial charge in [-0.05, 0) is 37.5 Å². The van der Waals surface area contributed by atoms with E-state index in [2.05, 4.69) is 12.2 Å². The van der Waals surface area contributed by atoms with E-state index >= 15 is 0 Å². The molecule has 0 aromatic heterocycles. The summed E-state index contributed by atoms with van der Waals surface area (Å²) >= 11 is 0. The van der Waals surface area contributed by atoms with E-state index in [4.69, 9.17) is 0 Å². The van der Waals surface area contributed by atoms with Gasteiger partial charge in [0.15, 0.2) is 9.84 Å². The SMILES string of the molecule is CC(NC1CCCC1(C)CO)c1ccc(S(C)(=O)=O)c(F)c1. The number of halogens is 1. The lowest BCUT2D eigenvalue weighted by Gasteiger charge is -2.32. The van der Waals surface area contributed by atoms with Gasteiger partial charge in [0, 0.05) is 30.4 Å². The van der Waals surface area contributed by atoms with Gasteiger partial charge < -0.3 is 10.4 Å². The van der Waals surface area contributed by atoms with Gasteiger partial charge in [-0.25, -0.2) is 12.8 Å². The number of hydrogen-bond donors (Lipinski definition) is 2. The Morgan fingerprint density at radius 3 is 2.73 bits per heavy atom. The number of aliphatic hydroxyl groups is 1. The van der Waals surface area contributed by atoms with Gasteiger partial charge in [0.05, 0.1) is 0 Å². The average molecular weight is 329 g/mol. The van der Waals surface area contributed by atoms with E-state index in [0.29, 0.717) is 5.56 Å². The number of aliphatic hydroxyl groups excluding tert-OH is 1. The van der Waals surface area contributed by atoms with Gasteiger partial charge in [0.25, 0.3) is 0 Å². The molecule has 0 heterocycles. The first kappa shape index (κ1) is 17.4. The summed E-state index contributed by atoms with van der Waals surface area (Å²) in [5, 5.41) is 13.0. The zero-order valence-electron chi connectivity index (χ0n) is 13.3. The fourth-order valence-corrected chi connectivity index (χ4v) is 3.92. The molecular weight excluding hydrogens is 305 g/mol. The van der Waals surface area contributed by atoms with Crippen molar-refractivity contribution < 1.29 is 17.9 Å². The minimum Gasteiger partial charge on any atom is -0.396 e. The van der Waals surface area contributed by atoms with Gasteiger partial charge in [0.1, 0.15) is 10.7 Å². The summed E-state index contributed by atoms with van der Waals surface area (Å²) in [4.78, 5) is -0.274. The molecule has 22 heavy (non-hydrogen) atoms. The van der Waals surface area contributed by atoms with Crippen molar-refractivity contribution in [3.63, 3.8) is 0 Å². The highest BCUT2D eigenvalue weighted by Crippen LogP contribution is 2.38. The number of nitrogens with one attached hydrogen (secondary N) is 1. The fourth-order valence-electron chi connectivity index (χ4n) is 3.19. The highest BCUT2D eigenvalue weighted by atomic mass is 32.2. The molecule has 1 aromatic rings. The average Bonchev–Trinajstić information content (AvgIpc) is 2.79. The smallest absolute Gasteiger partial charge is 0.178 e. The summed E-state index contributed by atoms with van der Waals surface area (Å²) in [6.45, 7) is 4.10. The molecule has 0 amide bonds. The summed E-state index contributed by atoms with van der Waals surface area (Å²) in [7, 11) is -3.55. The van der Waals surface area contributed by atoms with Crippen LogP contribution in [0.25, 0.3) is 0 Å². The minimum absolute atomic E-state index is 0.114. The van der Waals surface area contributed by atoms with Crippen LogP contribution in [0.4, 0.5) is 4.39 Å². The van der Waals surface area contributed by atoms with Crippen LogP contribution >= 0.6 is 0 Å². The first-order valence-corrected chi connectivity index (χ1v) is 9.43. The molecule has 2 rings (SSSR count). The lowest BCUT2D eigenvalue weighted by molar-refractivity contribution is 0.114. The second-order valence-electron chi connectivity index (χ2n) is 6.61. The maximum atomic E-state index is 14.0.